The number of imide groups is 1. The molecule has 1 atom stereocenters. The first-order valence-corrected chi connectivity index (χ1v) is 7.79. The van der Waals surface area contributed by atoms with Crippen molar-refractivity contribution in [1.82, 2.24) is 20.4 Å². The SMILES string of the molecule is CC(C)NC(=O)NC(=O)[C@H](C)OC(=O)c1ccc(-n2cccn2)cc1. The normalized spacial score (nSPS) is 11.7. The maximum absolute atomic E-state index is 12.1. The lowest BCUT2D eigenvalue weighted by Gasteiger charge is -2.14. The van der Waals surface area contributed by atoms with Crippen LogP contribution in [0.25, 0.3) is 5.69 Å². The van der Waals surface area contributed by atoms with Crippen molar-refractivity contribution in [3.8, 4) is 5.69 Å². The molecule has 8 nitrogen and oxygen atoms in total. The Labute approximate surface area is 145 Å². The Morgan fingerprint density at radius 1 is 1.12 bits per heavy atom. The second-order valence-corrected chi connectivity index (χ2v) is 5.66. The topological polar surface area (TPSA) is 102 Å². The molecule has 0 unspecified atom stereocenters. The number of carbonyl (C=O) groups excluding carboxylic acids is 3. The number of benzene rings is 1. The second-order valence-electron chi connectivity index (χ2n) is 5.66. The first-order chi connectivity index (χ1) is 11.9. The van der Waals surface area contributed by atoms with Crippen LogP contribution in [-0.4, -0.2) is 39.8 Å². The molecule has 3 amide bonds. The summed E-state index contributed by atoms with van der Waals surface area (Å²) in [5.41, 5.74) is 1.08. The molecule has 0 aliphatic heterocycles. The van der Waals surface area contributed by atoms with Crippen molar-refractivity contribution in [2.24, 2.45) is 0 Å². The summed E-state index contributed by atoms with van der Waals surface area (Å²) in [5.74, 6) is -1.35. The van der Waals surface area contributed by atoms with Crippen LogP contribution in [-0.2, 0) is 9.53 Å². The summed E-state index contributed by atoms with van der Waals surface area (Å²) in [6, 6.07) is 7.63. The van der Waals surface area contributed by atoms with E-state index in [4.69, 9.17) is 4.74 Å². The fourth-order valence-corrected chi connectivity index (χ4v) is 1.97. The zero-order valence-corrected chi connectivity index (χ0v) is 14.2. The van der Waals surface area contributed by atoms with Crippen LogP contribution in [0.1, 0.15) is 31.1 Å². The fourth-order valence-electron chi connectivity index (χ4n) is 1.97. The average Bonchev–Trinajstić information content (AvgIpc) is 3.08. The molecule has 2 rings (SSSR count). The number of hydrogen-bond donors (Lipinski definition) is 2. The minimum absolute atomic E-state index is 0.112. The fraction of sp³-hybridized carbons (Fsp3) is 0.294. The Balaban J connectivity index is 1.92. The Morgan fingerprint density at radius 3 is 2.36 bits per heavy atom. The van der Waals surface area contributed by atoms with Gasteiger partial charge in [-0.2, -0.15) is 5.10 Å². The van der Waals surface area contributed by atoms with Crippen molar-refractivity contribution < 1.29 is 19.1 Å². The third kappa shape index (κ3) is 5.17. The average molecular weight is 344 g/mol. The van der Waals surface area contributed by atoms with E-state index in [-0.39, 0.29) is 6.04 Å². The van der Waals surface area contributed by atoms with Crippen molar-refractivity contribution in [3.05, 3.63) is 48.3 Å². The van der Waals surface area contributed by atoms with Gasteiger partial charge in [0.15, 0.2) is 6.10 Å². The second kappa shape index (κ2) is 8.09. The molecule has 1 aromatic carbocycles. The maximum Gasteiger partial charge on any atom is 0.338 e. The van der Waals surface area contributed by atoms with Gasteiger partial charge in [-0.3, -0.25) is 10.1 Å². The van der Waals surface area contributed by atoms with E-state index in [1.165, 1.54) is 6.92 Å². The summed E-state index contributed by atoms with van der Waals surface area (Å²) in [4.78, 5) is 35.4. The van der Waals surface area contributed by atoms with E-state index < -0.39 is 24.0 Å². The Morgan fingerprint density at radius 2 is 1.80 bits per heavy atom. The number of amides is 3. The summed E-state index contributed by atoms with van der Waals surface area (Å²) in [5, 5.41) is 8.72. The van der Waals surface area contributed by atoms with Crippen LogP contribution in [0, 0.1) is 0 Å². The van der Waals surface area contributed by atoms with Crippen LogP contribution < -0.4 is 10.6 Å². The van der Waals surface area contributed by atoms with Gasteiger partial charge in [-0.05, 0) is 51.1 Å². The van der Waals surface area contributed by atoms with Crippen molar-refractivity contribution in [2.45, 2.75) is 32.9 Å². The minimum Gasteiger partial charge on any atom is -0.449 e. The molecule has 2 N–H and O–H groups in total. The number of carbonyl (C=O) groups is 3. The van der Waals surface area contributed by atoms with E-state index in [0.717, 1.165) is 5.69 Å². The standard InChI is InChI=1S/C17H20N4O4/c1-11(2)19-17(24)20-15(22)12(3)25-16(23)13-5-7-14(8-6-13)21-10-4-9-18-21/h4-12H,1-3H3,(H2,19,20,22,24)/t12-/m0/s1. The summed E-state index contributed by atoms with van der Waals surface area (Å²) in [7, 11) is 0. The van der Waals surface area contributed by atoms with E-state index in [2.05, 4.69) is 15.7 Å². The summed E-state index contributed by atoms with van der Waals surface area (Å²) >= 11 is 0. The molecule has 1 aromatic heterocycles. The predicted octanol–water partition coefficient (Wildman–Crippen LogP) is 1.65. The number of hydrogen-bond acceptors (Lipinski definition) is 5. The van der Waals surface area contributed by atoms with Crippen molar-refractivity contribution >= 4 is 17.9 Å². The number of urea groups is 1. The van der Waals surface area contributed by atoms with Crippen molar-refractivity contribution in [3.63, 3.8) is 0 Å². The van der Waals surface area contributed by atoms with Crippen LogP contribution in [0.4, 0.5) is 4.79 Å². The van der Waals surface area contributed by atoms with Gasteiger partial charge in [-0.25, -0.2) is 14.3 Å². The number of rotatable bonds is 5. The lowest BCUT2D eigenvalue weighted by atomic mass is 10.2. The number of aromatic nitrogens is 2. The quantitative estimate of drug-likeness (QED) is 0.803. The highest BCUT2D eigenvalue weighted by Crippen LogP contribution is 2.10. The van der Waals surface area contributed by atoms with E-state index in [1.54, 1.807) is 61.3 Å². The molecule has 0 spiro atoms. The summed E-state index contributed by atoms with van der Waals surface area (Å²) < 4.78 is 6.73. The predicted molar refractivity (Wildman–Crippen MR) is 90.3 cm³/mol. The van der Waals surface area contributed by atoms with Gasteiger partial charge in [0.1, 0.15) is 0 Å². The van der Waals surface area contributed by atoms with E-state index >= 15 is 0 Å². The molecule has 0 aliphatic rings. The first kappa shape index (κ1) is 18.2. The molecule has 1 heterocycles. The number of ether oxygens (including phenoxy) is 1. The van der Waals surface area contributed by atoms with Crippen molar-refractivity contribution in [2.75, 3.05) is 0 Å². The van der Waals surface area contributed by atoms with Gasteiger partial charge in [0.05, 0.1) is 11.3 Å². The zero-order valence-electron chi connectivity index (χ0n) is 14.2. The first-order valence-electron chi connectivity index (χ1n) is 7.79. The summed E-state index contributed by atoms with van der Waals surface area (Å²) in [6.45, 7) is 4.93. The molecule has 2 aromatic rings. The van der Waals surface area contributed by atoms with E-state index in [1.807, 2.05) is 0 Å². The Kier molecular flexibility index (Phi) is 5.89. The largest absolute Gasteiger partial charge is 0.449 e. The van der Waals surface area contributed by atoms with Crippen molar-refractivity contribution in [1.29, 1.82) is 0 Å². The highest BCUT2D eigenvalue weighted by Gasteiger charge is 2.21. The van der Waals surface area contributed by atoms with Crippen LogP contribution in [0.3, 0.4) is 0 Å². The molecule has 0 radical (unpaired) electrons. The van der Waals surface area contributed by atoms with Gasteiger partial charge in [-0.1, -0.05) is 0 Å². The molecule has 0 saturated heterocycles. The highest BCUT2D eigenvalue weighted by atomic mass is 16.5. The number of nitrogens with zero attached hydrogens (tertiary/aromatic N) is 2. The van der Waals surface area contributed by atoms with Crippen LogP contribution in [0.2, 0.25) is 0 Å². The molecule has 0 fully saturated rings. The van der Waals surface area contributed by atoms with Gasteiger partial charge in [0, 0.05) is 18.4 Å². The molecule has 8 heteroatoms. The molecule has 0 saturated carbocycles. The van der Waals surface area contributed by atoms with Gasteiger partial charge >= 0.3 is 12.0 Å². The lowest BCUT2D eigenvalue weighted by Crippen LogP contribution is -2.46. The number of nitrogens with one attached hydrogen (secondary N) is 2. The van der Waals surface area contributed by atoms with Gasteiger partial charge in [0.2, 0.25) is 0 Å². The molecule has 132 valence electrons. The molecule has 25 heavy (non-hydrogen) atoms. The number of esters is 1. The van der Waals surface area contributed by atoms with Crippen LogP contribution >= 0.6 is 0 Å². The molecule has 0 bridgehead atoms. The van der Waals surface area contributed by atoms with Crippen LogP contribution in [0.5, 0.6) is 0 Å². The molecular formula is C17H20N4O4. The third-order valence-electron chi connectivity index (χ3n) is 3.18. The van der Waals surface area contributed by atoms with Gasteiger partial charge in [0.25, 0.3) is 5.91 Å². The molecular weight excluding hydrogens is 324 g/mol. The molecule has 0 aliphatic carbocycles. The Hall–Kier alpha value is -3.16. The monoisotopic (exact) mass is 344 g/mol. The van der Waals surface area contributed by atoms with Gasteiger partial charge in [-0.15, -0.1) is 0 Å². The smallest absolute Gasteiger partial charge is 0.338 e. The van der Waals surface area contributed by atoms with Crippen LogP contribution in [0.15, 0.2) is 42.7 Å². The van der Waals surface area contributed by atoms with E-state index in [9.17, 15) is 14.4 Å². The zero-order chi connectivity index (χ0) is 18.4. The van der Waals surface area contributed by atoms with E-state index in [0.29, 0.717) is 5.56 Å². The van der Waals surface area contributed by atoms with Gasteiger partial charge < -0.3 is 10.1 Å². The Bertz CT molecular complexity index is 739. The summed E-state index contributed by atoms with van der Waals surface area (Å²) in [6.07, 6.45) is 2.33. The highest BCUT2D eigenvalue weighted by molar-refractivity contribution is 5.98. The minimum atomic E-state index is -1.10. The maximum atomic E-state index is 12.1. The third-order valence-corrected chi connectivity index (χ3v) is 3.18. The lowest BCUT2D eigenvalue weighted by molar-refractivity contribution is -0.127.